The second-order valence-electron chi connectivity index (χ2n) is 15.5. The first-order chi connectivity index (χ1) is 28.8. The van der Waals surface area contributed by atoms with Crippen molar-refractivity contribution < 1.29 is 8.83 Å². The summed E-state index contributed by atoms with van der Waals surface area (Å²) in [7, 11) is 0. The van der Waals surface area contributed by atoms with Crippen molar-refractivity contribution in [1.82, 2.24) is 0 Å². The fourth-order valence-electron chi connectivity index (χ4n) is 10.4. The maximum atomic E-state index is 6.56. The molecule has 270 valence electrons. The minimum atomic E-state index is -0.468. The summed E-state index contributed by atoms with van der Waals surface area (Å²) < 4.78 is 13.0. The van der Waals surface area contributed by atoms with Crippen LogP contribution in [0.3, 0.4) is 0 Å². The standard InChI is InChI=1S/C55H33NO2/c1-7-21-45-36(14-1)37-15-2-8-22-46(37)55(45)47-23-9-3-16-38(47)39-30-28-34(32-48(39)55)56(35-29-31-42-41-18-5-11-25-50(41)58-53(42)33-35)49-24-10-4-17-40(49)43-20-13-27-52-54(43)44-19-6-12-26-51(44)57-52/h1-33H. The molecule has 0 amide bonds. The smallest absolute Gasteiger partial charge is 0.137 e. The first-order valence-corrected chi connectivity index (χ1v) is 19.9. The first kappa shape index (κ1) is 31.6. The van der Waals surface area contributed by atoms with Gasteiger partial charge in [0.1, 0.15) is 22.3 Å². The van der Waals surface area contributed by atoms with Crippen molar-refractivity contribution in [3.8, 4) is 33.4 Å². The van der Waals surface area contributed by atoms with Crippen molar-refractivity contribution in [3.63, 3.8) is 0 Å². The molecule has 3 nitrogen and oxygen atoms in total. The van der Waals surface area contributed by atoms with Gasteiger partial charge in [0.25, 0.3) is 0 Å². The number of hydrogen-bond acceptors (Lipinski definition) is 3. The quantitative estimate of drug-likeness (QED) is 0.180. The second-order valence-corrected chi connectivity index (χ2v) is 15.5. The molecule has 0 aliphatic heterocycles. The highest BCUT2D eigenvalue weighted by Gasteiger charge is 2.51. The number of para-hydroxylation sites is 3. The number of fused-ring (bicyclic) bond motifs is 16. The lowest BCUT2D eigenvalue weighted by Gasteiger charge is -2.32. The van der Waals surface area contributed by atoms with E-state index < -0.39 is 5.41 Å². The molecule has 0 unspecified atom stereocenters. The van der Waals surface area contributed by atoms with Gasteiger partial charge in [-0.3, -0.25) is 0 Å². The van der Waals surface area contributed by atoms with Crippen LogP contribution in [0.4, 0.5) is 17.1 Å². The third kappa shape index (κ3) is 4.12. The van der Waals surface area contributed by atoms with Crippen LogP contribution >= 0.6 is 0 Å². The molecule has 58 heavy (non-hydrogen) atoms. The number of anilines is 3. The van der Waals surface area contributed by atoms with Crippen LogP contribution in [0.5, 0.6) is 0 Å². The zero-order valence-corrected chi connectivity index (χ0v) is 31.3. The van der Waals surface area contributed by atoms with Gasteiger partial charge in [-0.05, 0) is 98.6 Å². The highest BCUT2D eigenvalue weighted by Crippen LogP contribution is 2.63. The molecule has 9 aromatic carbocycles. The average molecular weight is 740 g/mol. The van der Waals surface area contributed by atoms with E-state index in [4.69, 9.17) is 8.83 Å². The molecule has 0 atom stereocenters. The van der Waals surface area contributed by atoms with Crippen molar-refractivity contribution in [2.45, 2.75) is 5.41 Å². The van der Waals surface area contributed by atoms with E-state index in [0.29, 0.717) is 0 Å². The summed E-state index contributed by atoms with van der Waals surface area (Å²) in [5.41, 5.74) is 18.8. The monoisotopic (exact) mass is 739 g/mol. The number of furan rings is 2. The Kier molecular flexibility index (Phi) is 6.37. The van der Waals surface area contributed by atoms with Crippen LogP contribution in [0.25, 0.3) is 77.3 Å². The highest BCUT2D eigenvalue weighted by atomic mass is 16.3. The molecular weight excluding hydrogens is 707 g/mol. The zero-order chi connectivity index (χ0) is 38.0. The Morgan fingerprint density at radius 1 is 0.310 bits per heavy atom. The van der Waals surface area contributed by atoms with Crippen molar-refractivity contribution in [2.75, 3.05) is 4.90 Å². The number of hydrogen-bond donors (Lipinski definition) is 0. The Bertz CT molecular complexity index is 3430. The third-order valence-electron chi connectivity index (χ3n) is 12.7. The van der Waals surface area contributed by atoms with Gasteiger partial charge < -0.3 is 13.7 Å². The van der Waals surface area contributed by atoms with Gasteiger partial charge in [-0.15, -0.1) is 0 Å². The Balaban J connectivity index is 1.11. The summed E-state index contributed by atoms with van der Waals surface area (Å²) in [5, 5.41) is 4.43. The minimum Gasteiger partial charge on any atom is -0.456 e. The van der Waals surface area contributed by atoms with E-state index in [-0.39, 0.29) is 0 Å². The number of rotatable bonds is 4. The van der Waals surface area contributed by atoms with Gasteiger partial charge in [0.2, 0.25) is 0 Å². The van der Waals surface area contributed by atoms with Crippen LogP contribution in [-0.2, 0) is 5.41 Å². The fraction of sp³-hybridized carbons (Fsp3) is 0.0182. The molecule has 0 radical (unpaired) electrons. The molecule has 0 saturated heterocycles. The van der Waals surface area contributed by atoms with Crippen LogP contribution in [0.2, 0.25) is 0 Å². The minimum absolute atomic E-state index is 0.468. The molecule has 2 aliphatic rings. The van der Waals surface area contributed by atoms with Crippen LogP contribution in [0.1, 0.15) is 22.3 Å². The van der Waals surface area contributed by atoms with E-state index in [0.717, 1.165) is 72.1 Å². The van der Waals surface area contributed by atoms with E-state index in [1.165, 1.54) is 44.5 Å². The largest absolute Gasteiger partial charge is 0.456 e. The molecule has 3 heteroatoms. The highest BCUT2D eigenvalue weighted by molar-refractivity contribution is 6.14. The van der Waals surface area contributed by atoms with Gasteiger partial charge in [-0.2, -0.15) is 0 Å². The zero-order valence-electron chi connectivity index (χ0n) is 31.3. The number of nitrogens with zero attached hydrogens (tertiary/aromatic N) is 1. The van der Waals surface area contributed by atoms with Crippen LogP contribution in [-0.4, -0.2) is 0 Å². The number of benzene rings is 9. The Labute approximate surface area is 334 Å². The van der Waals surface area contributed by atoms with Gasteiger partial charge in [0, 0.05) is 44.5 Å². The summed E-state index contributed by atoms with van der Waals surface area (Å²) in [6.45, 7) is 0. The van der Waals surface area contributed by atoms with Crippen LogP contribution in [0, 0.1) is 0 Å². The summed E-state index contributed by atoms with van der Waals surface area (Å²) in [4.78, 5) is 2.42. The molecule has 0 fully saturated rings. The Morgan fingerprint density at radius 2 is 0.793 bits per heavy atom. The van der Waals surface area contributed by atoms with Gasteiger partial charge >= 0.3 is 0 Å². The van der Waals surface area contributed by atoms with Gasteiger partial charge in [-0.25, -0.2) is 0 Å². The molecule has 2 aromatic heterocycles. The van der Waals surface area contributed by atoms with E-state index >= 15 is 0 Å². The Hall–Kier alpha value is -7.62. The maximum absolute atomic E-state index is 6.56. The van der Waals surface area contributed by atoms with Crippen molar-refractivity contribution >= 4 is 60.9 Å². The molecule has 2 heterocycles. The van der Waals surface area contributed by atoms with Crippen molar-refractivity contribution in [3.05, 3.63) is 222 Å². The molecule has 1 spiro atoms. The van der Waals surface area contributed by atoms with Gasteiger partial charge in [-0.1, -0.05) is 146 Å². The molecule has 0 bridgehead atoms. The normalized spacial score (nSPS) is 13.3. The van der Waals surface area contributed by atoms with Crippen molar-refractivity contribution in [1.29, 1.82) is 0 Å². The molecule has 2 aliphatic carbocycles. The van der Waals surface area contributed by atoms with E-state index in [1.807, 2.05) is 18.2 Å². The molecule has 0 N–H and O–H groups in total. The second kappa shape index (κ2) is 11.7. The van der Waals surface area contributed by atoms with Gasteiger partial charge in [0.05, 0.1) is 11.1 Å². The van der Waals surface area contributed by atoms with Gasteiger partial charge in [0.15, 0.2) is 0 Å². The summed E-state index contributed by atoms with van der Waals surface area (Å²) in [6, 6.07) is 72.6. The average Bonchev–Trinajstić information content (AvgIpc) is 4.02. The first-order valence-electron chi connectivity index (χ1n) is 19.9. The summed E-state index contributed by atoms with van der Waals surface area (Å²) in [5.74, 6) is 0. The molecule has 11 aromatic rings. The predicted octanol–water partition coefficient (Wildman–Crippen LogP) is 15.0. The lowest BCUT2D eigenvalue weighted by atomic mass is 9.70. The van der Waals surface area contributed by atoms with E-state index in [1.54, 1.807) is 0 Å². The summed E-state index contributed by atoms with van der Waals surface area (Å²) >= 11 is 0. The Morgan fingerprint density at radius 3 is 1.52 bits per heavy atom. The van der Waals surface area contributed by atoms with Crippen LogP contribution < -0.4 is 4.90 Å². The van der Waals surface area contributed by atoms with Crippen molar-refractivity contribution in [2.24, 2.45) is 0 Å². The maximum Gasteiger partial charge on any atom is 0.137 e. The molecular formula is C55H33NO2. The summed E-state index contributed by atoms with van der Waals surface area (Å²) in [6.07, 6.45) is 0. The predicted molar refractivity (Wildman–Crippen MR) is 237 cm³/mol. The third-order valence-corrected chi connectivity index (χ3v) is 12.7. The molecule has 0 saturated carbocycles. The van der Waals surface area contributed by atoms with E-state index in [9.17, 15) is 0 Å². The van der Waals surface area contributed by atoms with Crippen LogP contribution in [0.15, 0.2) is 209 Å². The lowest BCUT2D eigenvalue weighted by Crippen LogP contribution is -2.26. The lowest BCUT2D eigenvalue weighted by molar-refractivity contribution is 0.668. The topological polar surface area (TPSA) is 29.5 Å². The SMILES string of the molecule is c1ccc(N(c2ccc3c(c2)C2(c4ccccc4-c4ccccc42)c2ccccc2-3)c2ccc3c(c2)oc2ccccc23)c(-c2cccc3oc4ccccc4c23)c1. The van der Waals surface area contributed by atoms with E-state index in [2.05, 4.69) is 187 Å². The fourth-order valence-corrected chi connectivity index (χ4v) is 10.4. The molecule has 13 rings (SSSR count).